The molecule has 1 aliphatic heterocycles. The molecule has 0 bridgehead atoms. The average molecular weight is 275 g/mol. The first-order chi connectivity index (χ1) is 9.83. The van der Waals surface area contributed by atoms with Gasteiger partial charge < -0.3 is 10.1 Å². The van der Waals surface area contributed by atoms with Gasteiger partial charge >= 0.3 is 0 Å². The topological polar surface area (TPSA) is 47.0 Å². The van der Waals surface area contributed by atoms with E-state index in [4.69, 9.17) is 4.74 Å². The van der Waals surface area contributed by atoms with Crippen molar-refractivity contribution in [2.24, 2.45) is 5.92 Å². The minimum Gasteiger partial charge on any atom is -0.375 e. The molecule has 2 heterocycles. The molecule has 2 atom stereocenters. The van der Waals surface area contributed by atoms with Gasteiger partial charge in [0.1, 0.15) is 6.33 Å². The van der Waals surface area contributed by atoms with E-state index >= 15 is 0 Å². The molecular weight excluding hydrogens is 250 g/mol. The fourth-order valence-corrected chi connectivity index (χ4v) is 3.97. The molecule has 1 spiro atoms. The average Bonchev–Trinajstić information content (AvgIpc) is 2.93. The first-order valence-electron chi connectivity index (χ1n) is 7.95. The van der Waals surface area contributed by atoms with Crippen LogP contribution >= 0.6 is 0 Å². The van der Waals surface area contributed by atoms with Crippen molar-refractivity contribution in [1.29, 1.82) is 0 Å². The van der Waals surface area contributed by atoms with Crippen LogP contribution in [-0.4, -0.2) is 28.7 Å². The fraction of sp³-hybridized carbons (Fsp3) is 0.750. The number of rotatable bonds is 4. The van der Waals surface area contributed by atoms with Gasteiger partial charge in [0.2, 0.25) is 0 Å². The molecular formula is C16H25N3O. The van der Waals surface area contributed by atoms with Crippen molar-refractivity contribution in [1.82, 2.24) is 15.3 Å². The summed E-state index contributed by atoms with van der Waals surface area (Å²) in [6, 6.07) is 0.363. The van der Waals surface area contributed by atoms with Gasteiger partial charge in [0.05, 0.1) is 5.60 Å². The van der Waals surface area contributed by atoms with Gasteiger partial charge in [-0.25, -0.2) is 9.97 Å². The zero-order valence-electron chi connectivity index (χ0n) is 12.3. The smallest absolute Gasteiger partial charge is 0.115 e. The minimum absolute atomic E-state index is 0.173. The highest BCUT2D eigenvalue weighted by molar-refractivity contribution is 5.12. The Balaban J connectivity index is 1.77. The third-order valence-electron chi connectivity index (χ3n) is 4.88. The summed E-state index contributed by atoms with van der Waals surface area (Å²) in [7, 11) is 0. The van der Waals surface area contributed by atoms with Gasteiger partial charge in [-0.05, 0) is 38.1 Å². The third kappa shape index (κ3) is 2.86. The number of nitrogens with zero attached hydrogens (tertiary/aromatic N) is 2. The second-order valence-electron chi connectivity index (χ2n) is 6.20. The summed E-state index contributed by atoms with van der Waals surface area (Å²) >= 11 is 0. The summed E-state index contributed by atoms with van der Waals surface area (Å²) in [4.78, 5) is 8.38. The zero-order chi connectivity index (χ0) is 13.8. The lowest BCUT2D eigenvalue weighted by atomic mass is 9.79. The van der Waals surface area contributed by atoms with Crippen molar-refractivity contribution in [3.8, 4) is 0 Å². The van der Waals surface area contributed by atoms with E-state index in [-0.39, 0.29) is 5.60 Å². The standard InChI is InChI=1S/C16H25N3O/c1-2-19-15(14-10-17-12-18-11-14)13-5-8-20-16(9-13)6-3-4-7-16/h10-13,15,19H,2-9H2,1H3. The molecule has 2 fully saturated rings. The van der Waals surface area contributed by atoms with E-state index in [1.807, 2.05) is 12.4 Å². The predicted molar refractivity (Wildman–Crippen MR) is 78.3 cm³/mol. The van der Waals surface area contributed by atoms with Gasteiger partial charge in [0.15, 0.2) is 0 Å². The lowest BCUT2D eigenvalue weighted by Crippen LogP contribution is -2.42. The van der Waals surface area contributed by atoms with Gasteiger partial charge in [-0.1, -0.05) is 19.8 Å². The highest BCUT2D eigenvalue weighted by Crippen LogP contribution is 2.45. The number of nitrogens with one attached hydrogen (secondary N) is 1. The molecule has 4 heteroatoms. The third-order valence-corrected chi connectivity index (χ3v) is 4.88. The Morgan fingerprint density at radius 3 is 2.80 bits per heavy atom. The SMILES string of the molecule is CCNC(c1cncnc1)C1CCOC2(CCCC2)C1. The van der Waals surface area contributed by atoms with Gasteiger partial charge in [-0.2, -0.15) is 0 Å². The maximum absolute atomic E-state index is 6.16. The second kappa shape index (κ2) is 6.19. The molecule has 3 rings (SSSR count). The number of ether oxygens (including phenoxy) is 1. The largest absolute Gasteiger partial charge is 0.375 e. The van der Waals surface area contributed by atoms with Crippen LogP contribution in [0.3, 0.4) is 0 Å². The van der Waals surface area contributed by atoms with Crippen LogP contribution in [0.25, 0.3) is 0 Å². The number of hydrogen-bond donors (Lipinski definition) is 1. The Kier molecular flexibility index (Phi) is 4.32. The maximum Gasteiger partial charge on any atom is 0.115 e. The Morgan fingerprint density at radius 2 is 2.10 bits per heavy atom. The molecule has 1 aromatic rings. The number of aromatic nitrogens is 2. The van der Waals surface area contributed by atoms with Crippen molar-refractivity contribution in [2.45, 2.75) is 57.1 Å². The van der Waals surface area contributed by atoms with Crippen molar-refractivity contribution in [3.63, 3.8) is 0 Å². The van der Waals surface area contributed by atoms with E-state index in [9.17, 15) is 0 Å². The van der Waals surface area contributed by atoms with E-state index in [2.05, 4.69) is 22.2 Å². The Bertz CT molecular complexity index is 417. The first-order valence-corrected chi connectivity index (χ1v) is 7.95. The van der Waals surface area contributed by atoms with Crippen molar-refractivity contribution in [3.05, 3.63) is 24.3 Å². The Labute approximate surface area is 121 Å². The molecule has 2 aliphatic rings. The van der Waals surface area contributed by atoms with E-state index in [0.29, 0.717) is 12.0 Å². The van der Waals surface area contributed by atoms with Crippen molar-refractivity contribution < 1.29 is 4.74 Å². The van der Waals surface area contributed by atoms with Crippen LogP contribution in [0.4, 0.5) is 0 Å². The molecule has 2 unspecified atom stereocenters. The van der Waals surface area contributed by atoms with Gasteiger partial charge in [0.25, 0.3) is 0 Å². The molecule has 110 valence electrons. The van der Waals surface area contributed by atoms with E-state index in [1.54, 1.807) is 6.33 Å². The molecule has 1 saturated heterocycles. The summed E-state index contributed by atoms with van der Waals surface area (Å²) in [5.74, 6) is 0.632. The van der Waals surface area contributed by atoms with Gasteiger partial charge in [-0.3, -0.25) is 0 Å². The quantitative estimate of drug-likeness (QED) is 0.918. The van der Waals surface area contributed by atoms with Crippen LogP contribution < -0.4 is 5.32 Å². The summed E-state index contributed by atoms with van der Waals surface area (Å²) in [5.41, 5.74) is 1.39. The van der Waals surface area contributed by atoms with E-state index in [0.717, 1.165) is 19.6 Å². The van der Waals surface area contributed by atoms with Crippen LogP contribution in [0.1, 0.15) is 57.1 Å². The van der Waals surface area contributed by atoms with Crippen LogP contribution in [0, 0.1) is 5.92 Å². The maximum atomic E-state index is 6.16. The van der Waals surface area contributed by atoms with Crippen LogP contribution in [0.15, 0.2) is 18.7 Å². The van der Waals surface area contributed by atoms with Crippen molar-refractivity contribution >= 4 is 0 Å². The monoisotopic (exact) mass is 275 g/mol. The number of hydrogen-bond acceptors (Lipinski definition) is 4. The van der Waals surface area contributed by atoms with E-state index < -0.39 is 0 Å². The molecule has 4 nitrogen and oxygen atoms in total. The summed E-state index contributed by atoms with van der Waals surface area (Å²) < 4.78 is 6.16. The summed E-state index contributed by atoms with van der Waals surface area (Å²) in [5, 5.41) is 3.64. The fourth-order valence-electron chi connectivity index (χ4n) is 3.97. The molecule has 0 radical (unpaired) electrons. The molecule has 0 amide bonds. The molecule has 1 saturated carbocycles. The molecule has 1 aromatic heterocycles. The molecule has 20 heavy (non-hydrogen) atoms. The highest BCUT2D eigenvalue weighted by Gasteiger charge is 2.42. The minimum atomic E-state index is 0.173. The van der Waals surface area contributed by atoms with Crippen LogP contribution in [-0.2, 0) is 4.74 Å². The summed E-state index contributed by atoms with van der Waals surface area (Å²) in [6.45, 7) is 4.05. The first kappa shape index (κ1) is 14.0. The molecule has 0 aromatic carbocycles. The van der Waals surface area contributed by atoms with Gasteiger partial charge in [-0.15, -0.1) is 0 Å². The normalized spacial score (nSPS) is 26.8. The lowest BCUT2D eigenvalue weighted by molar-refractivity contribution is -0.0981. The van der Waals surface area contributed by atoms with Gasteiger partial charge in [0, 0.05) is 30.6 Å². The Morgan fingerprint density at radius 1 is 1.35 bits per heavy atom. The Hall–Kier alpha value is -1.00. The second-order valence-corrected chi connectivity index (χ2v) is 6.20. The van der Waals surface area contributed by atoms with E-state index in [1.165, 1.54) is 37.7 Å². The van der Waals surface area contributed by atoms with Crippen molar-refractivity contribution in [2.75, 3.05) is 13.2 Å². The predicted octanol–water partition coefficient (Wildman–Crippen LogP) is 2.87. The summed E-state index contributed by atoms with van der Waals surface area (Å²) in [6.07, 6.45) is 13.0. The molecule has 1 aliphatic carbocycles. The molecule has 1 N–H and O–H groups in total. The van der Waals surface area contributed by atoms with Crippen LogP contribution in [0.2, 0.25) is 0 Å². The highest BCUT2D eigenvalue weighted by atomic mass is 16.5. The lowest BCUT2D eigenvalue weighted by Gasteiger charge is -2.41. The zero-order valence-corrected chi connectivity index (χ0v) is 12.3. The van der Waals surface area contributed by atoms with Crippen LogP contribution in [0.5, 0.6) is 0 Å².